The molecule has 0 atom stereocenters. The fourth-order valence-corrected chi connectivity index (χ4v) is 7.90. The highest BCUT2D eigenvalue weighted by Gasteiger charge is 2.37. The Labute approximate surface area is 340 Å². The summed E-state index contributed by atoms with van der Waals surface area (Å²) >= 11 is 6.55. The summed E-state index contributed by atoms with van der Waals surface area (Å²) in [6, 6.07) is 10.3. The molecule has 3 aromatic rings. The van der Waals surface area contributed by atoms with Crippen molar-refractivity contribution in [1.29, 1.82) is 0 Å². The van der Waals surface area contributed by atoms with Crippen molar-refractivity contribution in [2.45, 2.75) is 31.7 Å². The number of aromatic carboxylic acids is 1. The molecule has 0 spiro atoms. The second-order valence-electron chi connectivity index (χ2n) is 13.8. The molecule has 3 aliphatic rings. The van der Waals surface area contributed by atoms with E-state index in [1.807, 2.05) is 0 Å². The van der Waals surface area contributed by atoms with Crippen LogP contribution in [0.1, 0.15) is 45.5 Å². The second kappa shape index (κ2) is 19.2. The maximum Gasteiger partial charge on any atom is 0.416 e. The number of amides is 1. The lowest BCUT2D eigenvalue weighted by Gasteiger charge is -2.27. The van der Waals surface area contributed by atoms with Crippen LogP contribution >= 0.6 is 24.0 Å². The summed E-state index contributed by atoms with van der Waals surface area (Å²) in [5, 5.41) is 9.54. The number of carboxylic acid groups (broad SMARTS) is 1. The van der Waals surface area contributed by atoms with Crippen LogP contribution in [0, 0.1) is 0 Å². The van der Waals surface area contributed by atoms with Crippen molar-refractivity contribution in [3.63, 3.8) is 0 Å². The molecule has 3 aromatic carbocycles. The fourth-order valence-electron chi connectivity index (χ4n) is 6.60. The number of thiocarbonyl (C=S) groups is 1. The highest BCUT2D eigenvalue weighted by Crippen LogP contribution is 2.41. The Morgan fingerprint density at radius 3 is 1.98 bits per heavy atom. The minimum absolute atomic E-state index is 0.0560. The molecule has 0 radical (unpaired) electrons. The Morgan fingerprint density at radius 2 is 1.36 bits per heavy atom. The third kappa shape index (κ3) is 11.5. The summed E-state index contributed by atoms with van der Waals surface area (Å²) in [4.78, 5) is 31.3. The van der Waals surface area contributed by atoms with Gasteiger partial charge < -0.3 is 24.1 Å². The maximum atomic E-state index is 13.7. The number of ether oxygens (including phenoxy) is 4. The standard InChI is InChI=1S/C40H41F6N3O7S2/c41-39(42,43)31-21-28(22-32(24-31)40(44,45)46)26-3-5-33(55-13-1-7-47-9-15-53-16-10-47)29(19-26)23-35-36(50)49(38(57)58-35)8-2-14-56-34-6-4-27(37(51)52)20-30(34)25-48-11-17-54-18-12-48/h3-6,19-24H,1-2,7-18,25H2,(H,51,52). The summed E-state index contributed by atoms with van der Waals surface area (Å²) in [7, 11) is 0. The molecule has 58 heavy (non-hydrogen) atoms. The van der Waals surface area contributed by atoms with E-state index >= 15 is 0 Å². The van der Waals surface area contributed by atoms with E-state index in [9.17, 15) is 41.0 Å². The number of morpholine rings is 2. The molecule has 0 aliphatic carbocycles. The van der Waals surface area contributed by atoms with Crippen molar-refractivity contribution >= 4 is 46.3 Å². The third-order valence-corrected chi connectivity index (χ3v) is 11.0. The Kier molecular flexibility index (Phi) is 14.4. The number of thioether (sulfide) groups is 1. The van der Waals surface area contributed by atoms with E-state index in [0.717, 1.165) is 31.4 Å². The first-order valence-corrected chi connectivity index (χ1v) is 19.8. The van der Waals surface area contributed by atoms with Crippen molar-refractivity contribution in [3.8, 4) is 22.6 Å². The lowest BCUT2D eigenvalue weighted by molar-refractivity contribution is -0.143. The molecule has 0 unspecified atom stereocenters. The lowest BCUT2D eigenvalue weighted by atomic mass is 9.97. The zero-order chi connectivity index (χ0) is 41.5. The van der Waals surface area contributed by atoms with Crippen LogP contribution in [0.4, 0.5) is 26.3 Å². The molecule has 1 amide bonds. The van der Waals surface area contributed by atoms with Crippen LogP contribution in [0.15, 0.2) is 59.5 Å². The number of carbonyl (C=O) groups is 2. The predicted molar refractivity (Wildman–Crippen MR) is 209 cm³/mol. The number of alkyl halides is 6. The summed E-state index contributed by atoms with van der Waals surface area (Å²) < 4.78 is 106. The van der Waals surface area contributed by atoms with Crippen LogP contribution in [0.25, 0.3) is 17.2 Å². The van der Waals surface area contributed by atoms with Crippen molar-refractivity contribution in [2.75, 3.05) is 78.9 Å². The normalized spacial score (nSPS) is 18.0. The zero-order valence-electron chi connectivity index (χ0n) is 31.2. The minimum Gasteiger partial charge on any atom is -0.493 e. The Hall–Kier alpha value is -4.20. The Morgan fingerprint density at radius 1 is 0.776 bits per heavy atom. The van der Waals surface area contributed by atoms with Gasteiger partial charge in [0.25, 0.3) is 5.91 Å². The lowest BCUT2D eigenvalue weighted by Crippen LogP contribution is -2.37. The first-order valence-electron chi connectivity index (χ1n) is 18.6. The summed E-state index contributed by atoms with van der Waals surface area (Å²) in [6.07, 6.45) is -7.58. The molecule has 312 valence electrons. The van der Waals surface area contributed by atoms with Gasteiger partial charge in [-0.2, -0.15) is 26.3 Å². The molecule has 0 bridgehead atoms. The Balaban J connectivity index is 1.18. The van der Waals surface area contributed by atoms with E-state index in [-0.39, 0.29) is 63.1 Å². The maximum absolute atomic E-state index is 13.7. The quantitative estimate of drug-likeness (QED) is 0.0705. The van der Waals surface area contributed by atoms with Gasteiger partial charge in [0.15, 0.2) is 0 Å². The van der Waals surface area contributed by atoms with E-state index in [1.165, 1.54) is 35.2 Å². The van der Waals surface area contributed by atoms with E-state index in [4.69, 9.17) is 31.2 Å². The summed E-state index contributed by atoms with van der Waals surface area (Å²) in [5.41, 5.74) is -2.04. The summed E-state index contributed by atoms with van der Waals surface area (Å²) in [5.74, 6) is -0.690. The van der Waals surface area contributed by atoms with Crippen LogP contribution in [0.3, 0.4) is 0 Å². The van der Waals surface area contributed by atoms with Crippen LogP contribution in [-0.2, 0) is 33.2 Å². The number of carboxylic acids is 1. The molecule has 3 aliphatic heterocycles. The van der Waals surface area contributed by atoms with Gasteiger partial charge in [-0.05, 0) is 78.6 Å². The fraction of sp³-hybridized carbons (Fsp3) is 0.425. The molecule has 1 N–H and O–H groups in total. The number of hydrogen-bond acceptors (Lipinski definition) is 10. The van der Waals surface area contributed by atoms with Gasteiger partial charge in [-0.3, -0.25) is 19.5 Å². The largest absolute Gasteiger partial charge is 0.493 e. The van der Waals surface area contributed by atoms with Crippen molar-refractivity contribution < 1.29 is 60.0 Å². The average molecular weight is 854 g/mol. The monoisotopic (exact) mass is 853 g/mol. The van der Waals surface area contributed by atoms with E-state index in [2.05, 4.69) is 9.80 Å². The van der Waals surface area contributed by atoms with Crippen LogP contribution in [0.5, 0.6) is 11.5 Å². The molecule has 3 heterocycles. The van der Waals surface area contributed by atoms with E-state index < -0.39 is 35.4 Å². The first-order chi connectivity index (χ1) is 27.7. The molecule has 10 nitrogen and oxygen atoms in total. The van der Waals surface area contributed by atoms with Gasteiger partial charge in [-0.1, -0.05) is 30.0 Å². The van der Waals surface area contributed by atoms with Gasteiger partial charge in [0.05, 0.1) is 61.2 Å². The van der Waals surface area contributed by atoms with Crippen molar-refractivity contribution in [2.24, 2.45) is 0 Å². The highest BCUT2D eigenvalue weighted by molar-refractivity contribution is 8.26. The van der Waals surface area contributed by atoms with Crippen molar-refractivity contribution in [1.82, 2.24) is 14.7 Å². The number of nitrogens with zero attached hydrogens (tertiary/aromatic N) is 3. The van der Waals surface area contributed by atoms with Gasteiger partial charge in [0, 0.05) is 56.9 Å². The van der Waals surface area contributed by atoms with E-state index in [1.54, 1.807) is 12.1 Å². The zero-order valence-corrected chi connectivity index (χ0v) is 32.8. The average Bonchev–Trinajstić information content (AvgIpc) is 3.46. The molecule has 0 saturated carbocycles. The number of halogens is 6. The predicted octanol–water partition coefficient (Wildman–Crippen LogP) is 7.69. The van der Waals surface area contributed by atoms with Gasteiger partial charge in [0.2, 0.25) is 0 Å². The molecule has 3 fully saturated rings. The topological polar surface area (TPSA) is 101 Å². The second-order valence-corrected chi connectivity index (χ2v) is 15.4. The third-order valence-electron chi connectivity index (χ3n) is 9.66. The van der Waals surface area contributed by atoms with Gasteiger partial charge in [0.1, 0.15) is 15.8 Å². The van der Waals surface area contributed by atoms with Gasteiger partial charge in [-0.25, -0.2) is 4.79 Å². The highest BCUT2D eigenvalue weighted by atomic mass is 32.2. The minimum atomic E-state index is -5.03. The number of benzene rings is 3. The molecule has 3 saturated heterocycles. The van der Waals surface area contributed by atoms with E-state index in [0.29, 0.717) is 82.3 Å². The number of carbonyl (C=O) groups excluding carboxylic acids is 1. The molecular weight excluding hydrogens is 813 g/mol. The van der Waals surface area contributed by atoms with Crippen LogP contribution in [0.2, 0.25) is 0 Å². The molecule has 18 heteroatoms. The van der Waals surface area contributed by atoms with Crippen molar-refractivity contribution in [3.05, 3.63) is 87.3 Å². The van der Waals surface area contributed by atoms with Gasteiger partial charge in [-0.15, -0.1) is 0 Å². The molecule has 6 rings (SSSR count). The van der Waals surface area contributed by atoms with Gasteiger partial charge >= 0.3 is 18.3 Å². The Bertz CT molecular complexity index is 1970. The van der Waals surface area contributed by atoms with Crippen LogP contribution < -0.4 is 9.47 Å². The smallest absolute Gasteiger partial charge is 0.416 e. The van der Waals surface area contributed by atoms with Crippen LogP contribution in [-0.4, -0.2) is 115 Å². The molecule has 0 aromatic heterocycles. The number of hydrogen-bond donors (Lipinski definition) is 1. The molecular formula is C40H41F6N3O7S2. The SMILES string of the molecule is O=C(O)c1ccc(OCCCN2C(=O)C(=Cc3cc(-c4cc(C(F)(F)F)cc(C(F)(F)F)c4)ccc3OCCCN3CCOCC3)SC2=S)c(CN2CCOCC2)c1. The number of rotatable bonds is 15. The summed E-state index contributed by atoms with van der Waals surface area (Å²) in [6.45, 7) is 7.15. The first kappa shape index (κ1) is 43.4.